The second kappa shape index (κ2) is 13.8. The summed E-state index contributed by atoms with van der Waals surface area (Å²) in [6.45, 7) is 6.82. The molecule has 1 aliphatic rings. The van der Waals surface area contributed by atoms with Crippen molar-refractivity contribution in [2.24, 2.45) is 4.36 Å². The molecule has 1 amide bonds. The first-order valence-electron chi connectivity index (χ1n) is 13.2. The average Bonchev–Trinajstić information content (AvgIpc) is 3.38. The molecule has 0 saturated carbocycles. The summed E-state index contributed by atoms with van der Waals surface area (Å²) in [4.78, 5) is 21.6. The Labute approximate surface area is 231 Å². The largest absolute Gasteiger partial charge is 0.483 e. The molecule has 11 heteroatoms. The monoisotopic (exact) mass is 554 g/mol. The van der Waals surface area contributed by atoms with Crippen LogP contribution in [0, 0.1) is 0 Å². The average molecular weight is 555 g/mol. The topological polar surface area (TPSA) is 108 Å². The summed E-state index contributed by atoms with van der Waals surface area (Å²) in [6, 6.07) is 16.7. The van der Waals surface area contributed by atoms with Gasteiger partial charge in [0.15, 0.2) is 6.61 Å². The summed E-state index contributed by atoms with van der Waals surface area (Å²) in [5.74, 6) is 0.302. The summed E-state index contributed by atoms with van der Waals surface area (Å²) >= 11 is 0. The van der Waals surface area contributed by atoms with E-state index in [1.165, 1.54) is 0 Å². The molecule has 210 valence electrons. The van der Waals surface area contributed by atoms with Gasteiger partial charge in [-0.05, 0) is 47.1 Å². The Morgan fingerprint density at radius 1 is 1.18 bits per heavy atom. The van der Waals surface area contributed by atoms with Crippen LogP contribution in [0.1, 0.15) is 31.9 Å². The molecule has 0 aliphatic carbocycles. The molecule has 1 aromatic heterocycles. The van der Waals surface area contributed by atoms with Crippen molar-refractivity contribution < 1.29 is 23.1 Å². The van der Waals surface area contributed by atoms with Gasteiger partial charge < -0.3 is 27.6 Å². The molecule has 2 aromatic carbocycles. The highest BCUT2D eigenvalue weighted by Gasteiger charge is 2.28. The number of hydrogen-bond acceptors (Lipinski definition) is 10. The highest BCUT2D eigenvalue weighted by molar-refractivity contribution is 7.69. The number of carbonyl (C=O) groups is 1. The van der Waals surface area contributed by atoms with Gasteiger partial charge in [-0.3, -0.25) is 14.7 Å². The maximum Gasteiger partial charge on any atom is 0.260 e. The number of likely N-dealkylation sites (N-methyl/N-ethyl adjacent to an activating group) is 1. The Morgan fingerprint density at radius 3 is 2.64 bits per heavy atom. The molecule has 3 aromatic rings. The minimum atomic E-state index is -1.92. The van der Waals surface area contributed by atoms with Crippen LogP contribution in [-0.2, 0) is 24.2 Å². The normalized spacial score (nSPS) is 17.5. The van der Waals surface area contributed by atoms with Crippen molar-refractivity contribution in [3.8, 4) is 5.75 Å². The van der Waals surface area contributed by atoms with Crippen molar-refractivity contribution in [1.82, 2.24) is 19.8 Å². The van der Waals surface area contributed by atoms with E-state index in [0.717, 1.165) is 18.5 Å². The first-order chi connectivity index (χ1) is 18.9. The van der Waals surface area contributed by atoms with Gasteiger partial charge in [-0.2, -0.15) is 0 Å². The molecule has 2 atom stereocenters. The van der Waals surface area contributed by atoms with Gasteiger partial charge in [-0.25, -0.2) is 5.06 Å². The zero-order valence-electron chi connectivity index (χ0n) is 22.6. The van der Waals surface area contributed by atoms with Gasteiger partial charge in [0.1, 0.15) is 5.75 Å². The molecule has 39 heavy (non-hydrogen) atoms. The minimum Gasteiger partial charge on any atom is -0.483 e. The lowest BCUT2D eigenvalue weighted by Crippen LogP contribution is -2.40. The molecule has 2 heterocycles. The third-order valence-electron chi connectivity index (χ3n) is 6.83. The minimum absolute atomic E-state index is 0.167. The summed E-state index contributed by atoms with van der Waals surface area (Å²) in [6.07, 6.45) is 2.03. The number of aliphatic hydroxyl groups is 1. The second-order valence-electron chi connectivity index (χ2n) is 9.40. The molecular weight excluding hydrogens is 518 g/mol. The van der Waals surface area contributed by atoms with Gasteiger partial charge >= 0.3 is 0 Å². The first kappa shape index (κ1) is 28.9. The van der Waals surface area contributed by atoms with Gasteiger partial charge in [0.2, 0.25) is 0 Å². The number of carbonyl (C=O) groups excluding carboxylic acids is 1. The second-order valence-corrected chi connectivity index (χ2v) is 10.2. The molecule has 1 aliphatic heterocycles. The predicted octanol–water partition coefficient (Wildman–Crippen LogP) is 3.85. The van der Waals surface area contributed by atoms with Crippen molar-refractivity contribution in [2.75, 3.05) is 46.4 Å². The number of ether oxygens (including phenoxy) is 1. The summed E-state index contributed by atoms with van der Waals surface area (Å²) in [7, 11) is -0.139. The Kier molecular flexibility index (Phi) is 10.2. The van der Waals surface area contributed by atoms with Gasteiger partial charge in [-0.1, -0.05) is 44.2 Å². The quantitative estimate of drug-likeness (QED) is 0.266. The van der Waals surface area contributed by atoms with E-state index in [1.807, 2.05) is 50.2 Å². The number of likely N-dealkylation sites (tertiary alicyclic amines) is 1. The fourth-order valence-electron chi connectivity index (χ4n) is 4.61. The van der Waals surface area contributed by atoms with E-state index in [4.69, 9.17) is 9.02 Å². The highest BCUT2D eigenvalue weighted by atomic mass is 32.2. The Balaban J connectivity index is 1.50. The maximum absolute atomic E-state index is 13.3. The third kappa shape index (κ3) is 7.52. The Morgan fingerprint density at radius 2 is 1.95 bits per heavy atom. The van der Waals surface area contributed by atoms with Crippen molar-refractivity contribution >= 4 is 33.4 Å². The number of fused-ring (bicyclic) bond motifs is 1. The van der Waals surface area contributed by atoms with E-state index in [9.17, 15) is 14.1 Å². The number of aromatic nitrogens is 1. The Bertz CT molecular complexity index is 1330. The van der Waals surface area contributed by atoms with Crippen LogP contribution in [0.3, 0.4) is 0 Å². The summed E-state index contributed by atoms with van der Waals surface area (Å²) in [5, 5.41) is 12.2. The van der Waals surface area contributed by atoms with E-state index in [2.05, 4.69) is 14.2 Å². The zero-order valence-corrected chi connectivity index (χ0v) is 23.4. The van der Waals surface area contributed by atoms with Gasteiger partial charge in [0.25, 0.3) is 5.91 Å². The fourth-order valence-corrected chi connectivity index (χ4v) is 5.34. The van der Waals surface area contributed by atoms with Crippen LogP contribution in [-0.4, -0.2) is 83.3 Å². The lowest BCUT2D eigenvalue weighted by molar-refractivity contribution is -0.134. The van der Waals surface area contributed by atoms with E-state index in [1.54, 1.807) is 41.4 Å². The molecule has 0 radical (unpaired) electrons. The molecule has 0 bridgehead atoms. The standard InChI is InChI=1S/C28H36N5O5S/c1-4-33(5-2)38-39(36)30-24-13-14-26(23-12-9-16-29-28(23)24)37-20-27(35)31(3)25(21-10-7-6-8-11-21)19-32-17-15-22(34)18-32/h6-14,16,22,25,34H,4-5,15,17-20H2,1-3H3/q-1/t22-,25?/m0/s1. The van der Waals surface area contributed by atoms with E-state index in [-0.39, 0.29) is 24.7 Å². The van der Waals surface area contributed by atoms with Crippen LogP contribution >= 0.6 is 0 Å². The molecule has 1 unspecified atom stereocenters. The lowest BCUT2D eigenvalue weighted by atomic mass is 10.0. The number of hydrogen-bond donors (Lipinski definition) is 1. The molecule has 1 fully saturated rings. The van der Waals surface area contributed by atoms with Crippen molar-refractivity contribution in [2.45, 2.75) is 32.4 Å². The van der Waals surface area contributed by atoms with E-state index >= 15 is 0 Å². The Hall–Kier alpha value is -3.09. The van der Waals surface area contributed by atoms with Crippen molar-refractivity contribution in [1.29, 1.82) is 0 Å². The molecule has 0 spiro atoms. The number of benzene rings is 2. The van der Waals surface area contributed by atoms with E-state index < -0.39 is 10.9 Å². The van der Waals surface area contributed by atoms with Crippen LogP contribution in [0.25, 0.3) is 10.9 Å². The molecule has 1 N–H and O–H groups in total. The van der Waals surface area contributed by atoms with Crippen LogP contribution in [0.5, 0.6) is 5.75 Å². The zero-order chi connectivity index (χ0) is 27.8. The maximum atomic E-state index is 13.3. The number of nitrogens with zero attached hydrogens (tertiary/aromatic N) is 5. The number of hydroxylamine groups is 2. The van der Waals surface area contributed by atoms with E-state index in [0.29, 0.717) is 48.5 Å². The van der Waals surface area contributed by atoms with Crippen LogP contribution < -0.4 is 4.74 Å². The predicted molar refractivity (Wildman–Crippen MR) is 150 cm³/mol. The molecule has 1 saturated heterocycles. The highest BCUT2D eigenvalue weighted by Crippen LogP contribution is 2.32. The number of rotatable bonds is 12. The number of β-amino-alcohol motifs (C(OH)–C–C–N with tert-alkyl or cyclic N) is 1. The van der Waals surface area contributed by atoms with Crippen LogP contribution in [0.4, 0.5) is 5.69 Å². The number of pyridine rings is 1. The first-order valence-corrected chi connectivity index (χ1v) is 14.2. The smallest absolute Gasteiger partial charge is 0.260 e. The van der Waals surface area contributed by atoms with Crippen LogP contribution in [0.15, 0.2) is 65.2 Å². The third-order valence-corrected chi connectivity index (χ3v) is 7.51. The molecular formula is C28H36N5O5S-. The van der Waals surface area contributed by atoms with Crippen molar-refractivity contribution in [3.63, 3.8) is 0 Å². The molecule has 4 rings (SSSR count). The van der Waals surface area contributed by atoms with Gasteiger partial charge in [0, 0.05) is 51.4 Å². The number of amides is 1. The van der Waals surface area contributed by atoms with Crippen LogP contribution in [0.2, 0.25) is 0 Å². The van der Waals surface area contributed by atoms with Gasteiger partial charge in [-0.15, -0.1) is 0 Å². The van der Waals surface area contributed by atoms with Crippen molar-refractivity contribution in [3.05, 3.63) is 66.4 Å². The molecule has 10 nitrogen and oxygen atoms in total. The number of aliphatic hydroxyl groups excluding tert-OH is 1. The SMILES string of the molecule is CCN(CC)O[S-](=O)=Nc1ccc(OCC(=O)N(C)C(CN2CC[C@H](O)C2)c2ccccc2)c2cccnc12. The summed E-state index contributed by atoms with van der Waals surface area (Å²) in [5.41, 5.74) is 1.93. The van der Waals surface area contributed by atoms with Gasteiger partial charge in [0.05, 0.1) is 23.3 Å². The summed E-state index contributed by atoms with van der Waals surface area (Å²) < 4.78 is 28.0. The lowest BCUT2D eigenvalue weighted by Gasteiger charge is -2.32. The fraction of sp³-hybridized carbons (Fsp3) is 0.429.